The van der Waals surface area contributed by atoms with Crippen LogP contribution in [0.25, 0.3) is 60.8 Å². The first-order valence-electron chi connectivity index (χ1n) is 13.4. The van der Waals surface area contributed by atoms with E-state index in [1.807, 2.05) is 18.2 Å². The first-order chi connectivity index (χ1) is 18.5. The van der Waals surface area contributed by atoms with Gasteiger partial charge in [0.2, 0.25) is 5.71 Å². The second-order valence-electron chi connectivity index (χ2n) is 10.7. The normalized spacial score (nSPS) is 11.8. The summed E-state index contributed by atoms with van der Waals surface area (Å²) in [4.78, 5) is 5.18. The maximum absolute atomic E-state index is 6.69. The summed E-state index contributed by atoms with van der Waals surface area (Å²) in [6, 6.07) is 35.4. The second-order valence-corrected chi connectivity index (χ2v) is 10.7. The van der Waals surface area contributed by atoms with E-state index >= 15 is 0 Å². The third-order valence-corrected chi connectivity index (χ3v) is 7.68. The number of benzene rings is 5. The molecule has 195 valence electrons. The molecule has 0 aliphatic heterocycles. The van der Waals surface area contributed by atoms with Gasteiger partial charge in [0.1, 0.15) is 11.1 Å². The van der Waals surface area contributed by atoms with E-state index in [2.05, 4.69) is 111 Å². The number of imidazole rings is 1. The molecule has 2 aromatic heterocycles. The van der Waals surface area contributed by atoms with E-state index in [4.69, 9.17) is 9.40 Å². The second kappa shape index (κ2) is 9.79. The zero-order chi connectivity index (χ0) is 26.0. The van der Waals surface area contributed by atoms with Crippen LogP contribution in [0.2, 0.25) is 0 Å². The van der Waals surface area contributed by atoms with E-state index < -0.39 is 0 Å². The molecule has 39 heavy (non-hydrogen) atoms. The number of nitrogens with zero attached hydrogens (tertiary/aromatic N) is 2. The molecule has 0 fully saturated rings. The van der Waals surface area contributed by atoms with E-state index in [0.717, 1.165) is 33.3 Å². The summed E-state index contributed by atoms with van der Waals surface area (Å²) in [5, 5.41) is 5.82. The fourth-order valence-corrected chi connectivity index (χ4v) is 5.94. The van der Waals surface area contributed by atoms with Crippen LogP contribution < -0.4 is 0 Å². The van der Waals surface area contributed by atoms with Crippen LogP contribution in [-0.2, 0) is 20.1 Å². The van der Waals surface area contributed by atoms with Crippen LogP contribution in [-0.4, -0.2) is 9.55 Å². The van der Waals surface area contributed by atoms with Crippen LogP contribution in [0.4, 0.5) is 0 Å². The predicted octanol–water partition coefficient (Wildman–Crippen LogP) is 9.79. The average molecular weight is 686 g/mol. The zero-order valence-corrected chi connectivity index (χ0v) is 24.8. The number of rotatable bonds is 4. The number of para-hydroxylation sites is 1. The van der Waals surface area contributed by atoms with Crippen LogP contribution >= 0.6 is 0 Å². The Labute approximate surface area is 241 Å². The Morgan fingerprint density at radius 3 is 1.90 bits per heavy atom. The van der Waals surface area contributed by atoms with Gasteiger partial charge in [-0.2, -0.15) is 0 Å². The Morgan fingerprint density at radius 1 is 0.692 bits per heavy atom. The van der Waals surface area contributed by atoms with Crippen LogP contribution in [0.3, 0.4) is 0 Å². The Hall–Kier alpha value is -3.72. The van der Waals surface area contributed by atoms with E-state index in [0.29, 0.717) is 17.5 Å². The average Bonchev–Trinajstić information content (AvgIpc) is 3.50. The molecular weight excluding hydrogens is 657 g/mol. The first-order valence-corrected chi connectivity index (χ1v) is 13.4. The third-order valence-electron chi connectivity index (χ3n) is 7.68. The predicted molar refractivity (Wildman–Crippen MR) is 158 cm³/mol. The van der Waals surface area contributed by atoms with Crippen molar-refractivity contribution in [2.24, 2.45) is 0 Å². The summed E-state index contributed by atoms with van der Waals surface area (Å²) in [6.45, 7) is 9.06. The zero-order valence-electron chi connectivity index (χ0n) is 22.5. The van der Waals surface area contributed by atoms with Crippen molar-refractivity contribution in [2.45, 2.75) is 39.5 Å². The maximum atomic E-state index is 6.69. The molecular formula is C35H29IrN2O-. The topological polar surface area (TPSA) is 31.0 Å². The molecule has 0 aliphatic carbocycles. The summed E-state index contributed by atoms with van der Waals surface area (Å²) in [7, 11) is 0. The maximum Gasteiger partial charge on any atom is 0.236 e. The molecule has 2 heterocycles. The van der Waals surface area contributed by atoms with Gasteiger partial charge in [0.15, 0.2) is 0 Å². The molecule has 1 radical (unpaired) electrons. The van der Waals surface area contributed by atoms with E-state index in [1.54, 1.807) is 0 Å². The summed E-state index contributed by atoms with van der Waals surface area (Å²) in [6.07, 6.45) is 0. The largest absolute Gasteiger partial charge is 0.436 e. The van der Waals surface area contributed by atoms with Gasteiger partial charge in [0.05, 0.1) is 11.2 Å². The van der Waals surface area contributed by atoms with Crippen molar-refractivity contribution < 1.29 is 24.5 Å². The van der Waals surface area contributed by atoms with Crippen LogP contribution in [0.15, 0.2) is 95.4 Å². The van der Waals surface area contributed by atoms with Gasteiger partial charge in [-0.15, -0.1) is 35.9 Å². The number of furan rings is 1. The third kappa shape index (κ3) is 3.85. The number of fused-ring (bicyclic) bond motifs is 8. The molecule has 4 heteroatoms. The van der Waals surface area contributed by atoms with E-state index in [9.17, 15) is 0 Å². The van der Waals surface area contributed by atoms with Crippen molar-refractivity contribution in [1.29, 1.82) is 0 Å². The molecule has 0 saturated heterocycles. The molecule has 0 unspecified atom stereocenters. The van der Waals surface area contributed by atoms with Gasteiger partial charge >= 0.3 is 0 Å². The van der Waals surface area contributed by atoms with E-state index in [1.165, 1.54) is 33.0 Å². The quantitative estimate of drug-likeness (QED) is 0.137. The van der Waals surface area contributed by atoms with Crippen LogP contribution in [0.1, 0.15) is 50.7 Å². The van der Waals surface area contributed by atoms with Gasteiger partial charge in [-0.1, -0.05) is 94.4 Å². The minimum Gasteiger partial charge on any atom is -0.436 e. The van der Waals surface area contributed by atoms with Crippen molar-refractivity contribution in [3.05, 3.63) is 108 Å². The standard InChI is InChI=1S/C35H29N2O.Ir/c1-21(2)24-19-12-20-25(22(3)4)31(24)37-32-30-28-17-10-8-15-26(28)27-16-9-11-18-29(27)33(30)38-35(32)36-34(37)23-13-6-5-7-14-23;/h5-13,15-22H,1-4H3;/q-1;. The molecule has 0 aliphatic rings. The van der Waals surface area contributed by atoms with Crippen molar-refractivity contribution >= 4 is 43.7 Å². The first kappa shape index (κ1) is 25.6. The molecule has 0 saturated carbocycles. The number of hydrogen-bond acceptors (Lipinski definition) is 2. The number of hydrogen-bond donors (Lipinski definition) is 0. The smallest absolute Gasteiger partial charge is 0.236 e. The molecule has 3 nitrogen and oxygen atoms in total. The Bertz CT molecular complexity index is 1920. The van der Waals surface area contributed by atoms with Crippen LogP contribution in [0.5, 0.6) is 0 Å². The van der Waals surface area contributed by atoms with Gasteiger partial charge < -0.3 is 8.98 Å². The summed E-state index contributed by atoms with van der Waals surface area (Å²) in [5.74, 6) is 1.53. The SMILES string of the molecule is CC(C)c1cccc(C(C)C)c1-n1c(-c2[c-]cccc2)nc2oc3c4ccccc4c4ccccc4c3c21.[Ir]. The monoisotopic (exact) mass is 686 g/mol. The molecule has 7 aromatic rings. The van der Waals surface area contributed by atoms with Gasteiger partial charge in [-0.25, -0.2) is 4.98 Å². The minimum absolute atomic E-state index is 0. The Morgan fingerprint density at radius 2 is 1.28 bits per heavy atom. The van der Waals surface area contributed by atoms with E-state index in [-0.39, 0.29) is 20.1 Å². The fraction of sp³-hybridized carbons (Fsp3) is 0.171. The summed E-state index contributed by atoms with van der Waals surface area (Å²) < 4.78 is 9.05. The molecule has 0 bridgehead atoms. The van der Waals surface area contributed by atoms with Crippen molar-refractivity contribution in [3.8, 4) is 17.1 Å². The van der Waals surface area contributed by atoms with Gasteiger partial charge in [-0.05, 0) is 39.1 Å². The van der Waals surface area contributed by atoms with Gasteiger partial charge in [0.25, 0.3) is 0 Å². The summed E-state index contributed by atoms with van der Waals surface area (Å²) >= 11 is 0. The number of aromatic nitrogens is 2. The Kier molecular flexibility index (Phi) is 6.41. The molecule has 7 rings (SSSR count). The Balaban J connectivity index is 0.00000277. The minimum atomic E-state index is 0. The molecule has 0 N–H and O–H groups in total. The molecule has 0 amide bonds. The molecule has 5 aromatic carbocycles. The van der Waals surface area contributed by atoms with Crippen molar-refractivity contribution in [2.75, 3.05) is 0 Å². The molecule has 0 spiro atoms. The van der Waals surface area contributed by atoms with Crippen LogP contribution in [0, 0.1) is 6.07 Å². The van der Waals surface area contributed by atoms with Crippen molar-refractivity contribution in [3.63, 3.8) is 0 Å². The summed E-state index contributed by atoms with van der Waals surface area (Å²) in [5.41, 5.74) is 7.31. The molecule has 0 atom stereocenters. The van der Waals surface area contributed by atoms with Gasteiger partial charge in [0, 0.05) is 31.2 Å². The van der Waals surface area contributed by atoms with Crippen molar-refractivity contribution in [1.82, 2.24) is 9.55 Å². The fourth-order valence-electron chi connectivity index (χ4n) is 5.94. The van der Waals surface area contributed by atoms with Gasteiger partial charge in [-0.3, -0.25) is 0 Å².